The van der Waals surface area contributed by atoms with Crippen molar-refractivity contribution in [3.05, 3.63) is 81.3 Å². The van der Waals surface area contributed by atoms with Crippen molar-refractivity contribution in [3.8, 4) is 11.1 Å². The van der Waals surface area contributed by atoms with E-state index in [9.17, 15) is 4.79 Å². The molecule has 0 fully saturated rings. The Morgan fingerprint density at radius 3 is 2.73 bits per heavy atom. The summed E-state index contributed by atoms with van der Waals surface area (Å²) < 4.78 is 1.39. The summed E-state index contributed by atoms with van der Waals surface area (Å²) >= 11 is 0. The third-order valence-corrected chi connectivity index (χ3v) is 5.61. The Bertz CT molecular complexity index is 1340. The molecule has 5 heterocycles. The van der Waals surface area contributed by atoms with Gasteiger partial charge in [0.1, 0.15) is 0 Å². The fraction of sp³-hybridized carbons (Fsp3) is 0.261. The van der Waals surface area contributed by atoms with Gasteiger partial charge < -0.3 is 4.90 Å². The number of rotatable bonds is 2. The zero-order valence-corrected chi connectivity index (χ0v) is 17.3. The zero-order chi connectivity index (χ0) is 20.8. The van der Waals surface area contributed by atoms with E-state index in [2.05, 4.69) is 33.0 Å². The molecule has 4 aromatic rings. The molecule has 0 unspecified atom stereocenters. The van der Waals surface area contributed by atoms with Crippen LogP contribution in [0.3, 0.4) is 0 Å². The summed E-state index contributed by atoms with van der Waals surface area (Å²) in [6, 6.07) is 7.68. The molecule has 0 spiro atoms. The molecule has 0 radical (unpaired) electrons. The highest BCUT2D eigenvalue weighted by Gasteiger charge is 2.22. The van der Waals surface area contributed by atoms with Gasteiger partial charge in [-0.25, -0.2) is 4.98 Å². The van der Waals surface area contributed by atoms with Crippen LogP contribution in [0.1, 0.15) is 28.1 Å². The first-order valence-corrected chi connectivity index (χ1v) is 10.0. The van der Waals surface area contributed by atoms with Gasteiger partial charge in [-0.15, -0.1) is 5.10 Å². The minimum atomic E-state index is -0.159. The largest absolute Gasteiger partial charge is 0.350 e. The van der Waals surface area contributed by atoms with Gasteiger partial charge in [-0.3, -0.25) is 14.8 Å². The molecule has 0 saturated heterocycles. The lowest BCUT2D eigenvalue weighted by molar-refractivity contribution is 0.685. The smallest absolute Gasteiger partial charge is 0.274 e. The minimum absolute atomic E-state index is 0.159. The minimum Gasteiger partial charge on any atom is -0.350 e. The second kappa shape index (κ2) is 7.02. The van der Waals surface area contributed by atoms with Crippen LogP contribution in [0.25, 0.3) is 16.8 Å². The Morgan fingerprint density at radius 2 is 1.90 bits per heavy atom. The molecule has 4 aromatic heterocycles. The van der Waals surface area contributed by atoms with E-state index in [1.807, 2.05) is 44.6 Å². The van der Waals surface area contributed by atoms with Crippen LogP contribution in [0, 0.1) is 20.8 Å². The van der Waals surface area contributed by atoms with Gasteiger partial charge in [0.05, 0.1) is 0 Å². The lowest BCUT2D eigenvalue weighted by Gasteiger charge is -2.30. The molecule has 0 aromatic carbocycles. The summed E-state index contributed by atoms with van der Waals surface area (Å²) in [5, 5.41) is 4.65. The van der Waals surface area contributed by atoms with Crippen molar-refractivity contribution < 1.29 is 0 Å². The average molecular weight is 398 g/mol. The van der Waals surface area contributed by atoms with E-state index in [1.165, 1.54) is 16.1 Å². The van der Waals surface area contributed by atoms with Crippen molar-refractivity contribution in [1.29, 1.82) is 0 Å². The Labute approximate surface area is 174 Å². The highest BCUT2D eigenvalue weighted by atomic mass is 16.1. The van der Waals surface area contributed by atoms with Gasteiger partial charge in [0.15, 0.2) is 11.5 Å². The number of pyridine rings is 2. The summed E-state index contributed by atoms with van der Waals surface area (Å²) in [5.41, 5.74) is 7.79. The predicted molar refractivity (Wildman–Crippen MR) is 116 cm³/mol. The second-order valence-corrected chi connectivity index (χ2v) is 7.85. The van der Waals surface area contributed by atoms with Crippen molar-refractivity contribution in [2.45, 2.75) is 33.7 Å². The van der Waals surface area contributed by atoms with E-state index < -0.39 is 0 Å². The third kappa shape index (κ3) is 3.12. The van der Waals surface area contributed by atoms with Crippen LogP contribution >= 0.6 is 0 Å². The molecule has 7 heteroatoms. The van der Waals surface area contributed by atoms with Crippen LogP contribution < -0.4 is 10.5 Å². The SMILES string of the molecule is Cc1cc(=O)n2nc(N3CCc4ncc(-c5ccncc5C)cc4C3)c(C)cc2n1. The average Bonchev–Trinajstić information content (AvgIpc) is 2.73. The molecule has 150 valence electrons. The van der Waals surface area contributed by atoms with Crippen molar-refractivity contribution >= 4 is 11.5 Å². The Hall–Kier alpha value is -3.61. The van der Waals surface area contributed by atoms with Gasteiger partial charge >= 0.3 is 0 Å². The first-order chi connectivity index (χ1) is 14.5. The van der Waals surface area contributed by atoms with E-state index >= 15 is 0 Å². The number of hydrogen-bond donors (Lipinski definition) is 0. The first-order valence-electron chi connectivity index (χ1n) is 10.0. The second-order valence-electron chi connectivity index (χ2n) is 7.85. The summed E-state index contributed by atoms with van der Waals surface area (Å²) in [4.78, 5) is 28.0. The molecule has 0 N–H and O–H groups in total. The summed E-state index contributed by atoms with van der Waals surface area (Å²) in [6.07, 6.45) is 6.47. The number of hydrogen-bond acceptors (Lipinski definition) is 6. The molecule has 0 atom stereocenters. The van der Waals surface area contributed by atoms with Crippen molar-refractivity contribution in [3.63, 3.8) is 0 Å². The molecule has 30 heavy (non-hydrogen) atoms. The summed E-state index contributed by atoms with van der Waals surface area (Å²) in [7, 11) is 0. The monoisotopic (exact) mass is 398 g/mol. The first kappa shape index (κ1) is 18.4. The highest BCUT2D eigenvalue weighted by molar-refractivity contribution is 5.67. The van der Waals surface area contributed by atoms with E-state index in [4.69, 9.17) is 4.98 Å². The lowest BCUT2D eigenvalue weighted by atomic mass is 9.98. The number of aromatic nitrogens is 5. The van der Waals surface area contributed by atoms with E-state index in [-0.39, 0.29) is 5.56 Å². The quantitative estimate of drug-likeness (QED) is 0.517. The lowest BCUT2D eigenvalue weighted by Crippen LogP contribution is -2.33. The topological polar surface area (TPSA) is 76.3 Å². The number of nitrogens with zero attached hydrogens (tertiary/aromatic N) is 6. The fourth-order valence-electron chi connectivity index (χ4n) is 4.10. The van der Waals surface area contributed by atoms with Gasteiger partial charge in [-0.1, -0.05) is 0 Å². The Balaban J connectivity index is 1.54. The Kier molecular flexibility index (Phi) is 4.31. The van der Waals surface area contributed by atoms with E-state index in [0.717, 1.165) is 46.7 Å². The van der Waals surface area contributed by atoms with Crippen molar-refractivity contribution in [2.24, 2.45) is 0 Å². The maximum absolute atomic E-state index is 12.4. The number of aryl methyl sites for hydroxylation is 3. The van der Waals surface area contributed by atoms with Crippen LogP contribution in [-0.2, 0) is 13.0 Å². The van der Waals surface area contributed by atoms with Crippen LogP contribution in [-0.4, -0.2) is 31.1 Å². The van der Waals surface area contributed by atoms with E-state index in [1.54, 1.807) is 0 Å². The van der Waals surface area contributed by atoms with Gasteiger partial charge in [0.2, 0.25) is 0 Å². The van der Waals surface area contributed by atoms with Crippen LogP contribution in [0.4, 0.5) is 5.82 Å². The standard InChI is InChI=1S/C23H22N6O/c1-14-8-21-26-16(3)9-22(30)29(21)27-23(14)28-7-5-20-18(13-28)10-17(12-25-20)19-4-6-24-11-15(19)2/h4,6,8-12H,5,7,13H2,1-3H3. The molecule has 0 bridgehead atoms. The number of fused-ring (bicyclic) bond motifs is 2. The normalized spacial score (nSPS) is 13.5. The van der Waals surface area contributed by atoms with Crippen molar-refractivity contribution in [2.75, 3.05) is 11.4 Å². The molecular formula is C23H22N6O. The highest BCUT2D eigenvalue weighted by Crippen LogP contribution is 2.29. The maximum atomic E-state index is 12.4. The molecular weight excluding hydrogens is 376 g/mol. The molecule has 1 aliphatic heterocycles. The van der Waals surface area contributed by atoms with Crippen LogP contribution in [0.15, 0.2) is 47.7 Å². The summed E-state index contributed by atoms with van der Waals surface area (Å²) in [6.45, 7) is 7.40. The third-order valence-electron chi connectivity index (χ3n) is 5.61. The van der Waals surface area contributed by atoms with Crippen molar-refractivity contribution in [1.82, 2.24) is 24.6 Å². The maximum Gasteiger partial charge on any atom is 0.274 e. The molecule has 0 aliphatic carbocycles. The van der Waals surface area contributed by atoms with Gasteiger partial charge in [-0.05, 0) is 61.2 Å². The van der Waals surface area contributed by atoms with Gasteiger partial charge in [0.25, 0.3) is 5.56 Å². The van der Waals surface area contributed by atoms with Crippen LogP contribution in [0.2, 0.25) is 0 Å². The molecule has 7 nitrogen and oxygen atoms in total. The zero-order valence-electron chi connectivity index (χ0n) is 17.3. The molecule has 0 saturated carbocycles. The number of anilines is 1. The molecule has 5 rings (SSSR count). The molecule has 1 aliphatic rings. The van der Waals surface area contributed by atoms with Gasteiger partial charge in [0, 0.05) is 61.1 Å². The fourth-order valence-corrected chi connectivity index (χ4v) is 4.10. The Morgan fingerprint density at radius 1 is 1.03 bits per heavy atom. The van der Waals surface area contributed by atoms with Crippen LogP contribution in [0.5, 0.6) is 0 Å². The van der Waals surface area contributed by atoms with Gasteiger partial charge in [-0.2, -0.15) is 4.52 Å². The predicted octanol–water partition coefficient (Wildman–Crippen LogP) is 3.03. The molecule has 0 amide bonds. The summed E-state index contributed by atoms with van der Waals surface area (Å²) in [5.74, 6) is 0.811. The van der Waals surface area contributed by atoms with E-state index in [0.29, 0.717) is 17.9 Å².